The number of halogens is 1. The van der Waals surface area contributed by atoms with Crippen LogP contribution < -0.4 is 10.6 Å². The van der Waals surface area contributed by atoms with Crippen molar-refractivity contribution in [3.05, 3.63) is 53.0 Å². The number of hydrogen-bond acceptors (Lipinski definition) is 6. The zero-order chi connectivity index (χ0) is 20.5. The summed E-state index contributed by atoms with van der Waals surface area (Å²) in [5.41, 5.74) is 9.73. The minimum atomic E-state index is 0.169. The van der Waals surface area contributed by atoms with Crippen molar-refractivity contribution in [3.63, 3.8) is 0 Å². The molecule has 3 aromatic rings. The highest BCUT2D eigenvalue weighted by Crippen LogP contribution is 2.37. The molecule has 3 aromatic heterocycles. The van der Waals surface area contributed by atoms with E-state index in [1.165, 1.54) is 11.8 Å². The van der Waals surface area contributed by atoms with Gasteiger partial charge in [-0.1, -0.05) is 37.3 Å². The number of nitrogens with two attached hydrogens (primary N) is 1. The number of hydrogen-bond donors (Lipinski definition) is 2. The van der Waals surface area contributed by atoms with Crippen molar-refractivity contribution in [2.45, 2.75) is 36.4 Å². The average molecular weight is 427 g/mol. The molecule has 6 nitrogen and oxygen atoms in total. The molecule has 0 spiro atoms. The number of allylic oxidation sites excluding steroid dienone is 2. The molecule has 0 bridgehead atoms. The second-order valence-electron chi connectivity index (χ2n) is 7.06. The molecule has 0 atom stereocenters. The largest absolute Gasteiger partial charge is 0.353 e. The molecule has 4 heterocycles. The molecule has 0 unspecified atom stereocenters. The van der Waals surface area contributed by atoms with Gasteiger partial charge in [0.2, 0.25) is 0 Å². The monoisotopic (exact) mass is 426 g/mol. The van der Waals surface area contributed by atoms with E-state index < -0.39 is 0 Å². The van der Waals surface area contributed by atoms with Crippen LogP contribution in [0.2, 0.25) is 5.02 Å². The summed E-state index contributed by atoms with van der Waals surface area (Å²) in [5.74, 6) is 0.843. The zero-order valence-electron chi connectivity index (χ0n) is 16.4. The van der Waals surface area contributed by atoms with Gasteiger partial charge in [-0.2, -0.15) is 0 Å². The van der Waals surface area contributed by atoms with Crippen LogP contribution in [0, 0.1) is 6.92 Å². The van der Waals surface area contributed by atoms with E-state index in [9.17, 15) is 0 Å². The normalized spacial score (nSPS) is 14.7. The van der Waals surface area contributed by atoms with E-state index in [4.69, 9.17) is 27.3 Å². The Bertz CT molecular complexity index is 1100. The van der Waals surface area contributed by atoms with E-state index in [1.54, 1.807) is 6.08 Å². The average Bonchev–Trinajstić information content (AvgIpc) is 3.00. The first-order valence-corrected chi connectivity index (χ1v) is 10.7. The molecule has 29 heavy (non-hydrogen) atoms. The maximum absolute atomic E-state index is 6.62. The Balaban J connectivity index is 1.71. The minimum absolute atomic E-state index is 0.169. The van der Waals surface area contributed by atoms with Crippen molar-refractivity contribution in [3.8, 4) is 0 Å². The molecule has 1 aliphatic rings. The van der Waals surface area contributed by atoms with Crippen LogP contribution in [0.5, 0.6) is 0 Å². The molecular weight excluding hydrogens is 404 g/mol. The summed E-state index contributed by atoms with van der Waals surface area (Å²) in [7, 11) is 0. The maximum atomic E-state index is 6.62. The second-order valence-corrected chi connectivity index (χ2v) is 8.48. The Morgan fingerprint density at radius 3 is 2.86 bits per heavy atom. The molecule has 4 rings (SSSR count). The van der Waals surface area contributed by atoms with Gasteiger partial charge in [-0.15, -0.1) is 0 Å². The van der Waals surface area contributed by atoms with Gasteiger partial charge in [0.05, 0.1) is 16.1 Å². The molecule has 0 radical (unpaired) electrons. The summed E-state index contributed by atoms with van der Waals surface area (Å²) in [4.78, 5) is 20.6. The van der Waals surface area contributed by atoms with Gasteiger partial charge in [0, 0.05) is 35.9 Å². The predicted octanol–water partition coefficient (Wildman–Crippen LogP) is 4.37. The van der Waals surface area contributed by atoms with Crippen molar-refractivity contribution in [2.75, 3.05) is 18.0 Å². The number of aromatic amines is 1. The topological polar surface area (TPSA) is 83.7 Å². The summed E-state index contributed by atoms with van der Waals surface area (Å²) in [6, 6.07) is 2.26. The van der Waals surface area contributed by atoms with E-state index in [0.29, 0.717) is 10.2 Å². The van der Waals surface area contributed by atoms with Crippen molar-refractivity contribution in [1.29, 1.82) is 0 Å². The quantitative estimate of drug-likeness (QED) is 0.449. The molecule has 8 heteroatoms. The summed E-state index contributed by atoms with van der Waals surface area (Å²) >= 11 is 8.11. The third kappa shape index (κ3) is 3.90. The van der Waals surface area contributed by atoms with E-state index >= 15 is 0 Å². The minimum Gasteiger partial charge on any atom is -0.353 e. The van der Waals surface area contributed by atoms with Gasteiger partial charge >= 0.3 is 0 Å². The zero-order valence-corrected chi connectivity index (χ0v) is 18.0. The third-order valence-electron chi connectivity index (χ3n) is 4.88. The number of rotatable bonds is 6. The second kappa shape index (κ2) is 8.18. The first-order valence-electron chi connectivity index (χ1n) is 9.52. The number of aromatic nitrogens is 4. The maximum Gasteiger partial charge on any atom is 0.196 e. The number of fused-ring (bicyclic) bond motifs is 1. The highest BCUT2D eigenvalue weighted by atomic mass is 35.5. The fourth-order valence-electron chi connectivity index (χ4n) is 3.33. The number of pyridine rings is 1. The Kier molecular flexibility index (Phi) is 5.63. The Labute approximate surface area is 179 Å². The standard InChI is InChI=1S/C21H23ClN6S/c1-4-6-7-16-12(3)8-14(9-24-16)29-21-26-19-17(18(22)15(5-2)25-19)20(27-21)28-10-13(23)11-28/h4,6-9,13H,1,5,10-11,23H2,2-3H3,(H,25,26,27)/b7-6-. The lowest BCUT2D eigenvalue weighted by atomic mass is 10.1. The smallest absolute Gasteiger partial charge is 0.196 e. The number of nitrogens with one attached hydrogen (secondary N) is 1. The molecule has 0 amide bonds. The number of aryl methyl sites for hydroxylation is 2. The van der Waals surface area contributed by atoms with Gasteiger partial charge in [-0.25, -0.2) is 9.97 Å². The summed E-state index contributed by atoms with van der Waals surface area (Å²) in [5, 5.41) is 2.23. The summed E-state index contributed by atoms with van der Waals surface area (Å²) in [6.07, 6.45) is 8.20. The number of H-pyrrole nitrogens is 1. The lowest BCUT2D eigenvalue weighted by Crippen LogP contribution is -2.56. The van der Waals surface area contributed by atoms with Crippen molar-refractivity contribution in [1.82, 2.24) is 19.9 Å². The number of anilines is 1. The van der Waals surface area contributed by atoms with Crippen LogP contribution in [-0.2, 0) is 6.42 Å². The van der Waals surface area contributed by atoms with Crippen LogP contribution in [0.1, 0.15) is 23.9 Å². The summed E-state index contributed by atoms with van der Waals surface area (Å²) in [6.45, 7) is 9.34. The Morgan fingerprint density at radius 1 is 1.41 bits per heavy atom. The predicted molar refractivity (Wildman–Crippen MR) is 121 cm³/mol. The fraction of sp³-hybridized carbons (Fsp3) is 0.286. The molecule has 0 aromatic carbocycles. The molecule has 150 valence electrons. The Morgan fingerprint density at radius 2 is 2.21 bits per heavy atom. The van der Waals surface area contributed by atoms with Crippen LogP contribution in [0.3, 0.4) is 0 Å². The highest BCUT2D eigenvalue weighted by Gasteiger charge is 2.29. The molecule has 1 saturated heterocycles. The SMILES string of the molecule is C=C/C=C\c1ncc(Sc2nc(N3CC(N)C3)c3c(Cl)c(CC)[nH]c3n2)cc1C. The van der Waals surface area contributed by atoms with Crippen molar-refractivity contribution < 1.29 is 0 Å². The van der Waals surface area contributed by atoms with Crippen molar-refractivity contribution in [2.24, 2.45) is 5.73 Å². The van der Waals surface area contributed by atoms with Crippen molar-refractivity contribution >= 4 is 46.3 Å². The Hall–Kier alpha value is -2.35. The lowest BCUT2D eigenvalue weighted by molar-refractivity contribution is 0.514. The van der Waals surface area contributed by atoms with Crippen LogP contribution in [-0.4, -0.2) is 39.1 Å². The fourth-order valence-corrected chi connectivity index (χ4v) is 4.50. The van der Waals surface area contributed by atoms with Gasteiger partial charge in [-0.3, -0.25) is 4.98 Å². The lowest BCUT2D eigenvalue weighted by Gasteiger charge is -2.38. The molecule has 1 fully saturated rings. The third-order valence-corrected chi connectivity index (χ3v) is 6.12. The van der Waals surface area contributed by atoms with Gasteiger partial charge in [0.25, 0.3) is 0 Å². The number of nitrogens with zero attached hydrogens (tertiary/aromatic N) is 4. The van der Waals surface area contributed by atoms with Crippen LogP contribution >= 0.6 is 23.4 Å². The summed E-state index contributed by atoms with van der Waals surface area (Å²) < 4.78 is 0. The van der Waals surface area contributed by atoms with Crippen LogP contribution in [0.15, 0.2) is 41.0 Å². The molecular formula is C21H23ClN6S. The van der Waals surface area contributed by atoms with Gasteiger partial charge in [-0.05, 0) is 42.8 Å². The molecule has 0 saturated carbocycles. The van der Waals surface area contributed by atoms with Gasteiger partial charge in [0.15, 0.2) is 5.16 Å². The van der Waals surface area contributed by atoms with E-state index in [0.717, 1.165) is 58.2 Å². The molecule has 0 aliphatic carbocycles. The van der Waals surface area contributed by atoms with E-state index in [-0.39, 0.29) is 6.04 Å². The van der Waals surface area contributed by atoms with Gasteiger partial charge in [0.1, 0.15) is 11.5 Å². The van der Waals surface area contributed by atoms with Crippen LogP contribution in [0.25, 0.3) is 17.1 Å². The van der Waals surface area contributed by atoms with Gasteiger partial charge < -0.3 is 15.6 Å². The molecule has 3 N–H and O–H groups in total. The first kappa shape index (κ1) is 19.9. The first-order chi connectivity index (χ1) is 14.0. The molecule has 1 aliphatic heterocycles. The van der Waals surface area contributed by atoms with E-state index in [2.05, 4.69) is 34.4 Å². The highest BCUT2D eigenvalue weighted by molar-refractivity contribution is 7.99. The van der Waals surface area contributed by atoms with Crippen LogP contribution in [0.4, 0.5) is 5.82 Å². The van der Waals surface area contributed by atoms with E-state index in [1.807, 2.05) is 25.3 Å².